The van der Waals surface area contributed by atoms with Crippen LogP contribution in [-0.2, 0) is 11.2 Å². The third-order valence-electron chi connectivity index (χ3n) is 4.58. The summed E-state index contributed by atoms with van der Waals surface area (Å²) in [4.78, 5) is 11.8. The van der Waals surface area contributed by atoms with Crippen molar-refractivity contribution in [3.8, 4) is 28.7 Å². The molecule has 1 aliphatic heterocycles. The first kappa shape index (κ1) is 22.0. The SMILES string of the molecule is C=C(CNc1cc(-c2ccc(OC(F)(F)F)cc2)c2c(c1C#N)CCO2)C(=O)N(C)O. The van der Waals surface area contributed by atoms with E-state index in [9.17, 15) is 28.4 Å². The van der Waals surface area contributed by atoms with Crippen molar-refractivity contribution in [3.63, 3.8) is 0 Å². The van der Waals surface area contributed by atoms with E-state index in [1.54, 1.807) is 6.07 Å². The fourth-order valence-corrected chi connectivity index (χ4v) is 3.20. The Kier molecular flexibility index (Phi) is 6.08. The molecule has 0 bridgehead atoms. The third-order valence-corrected chi connectivity index (χ3v) is 4.58. The molecule has 0 aromatic heterocycles. The molecule has 0 unspecified atom stereocenters. The molecule has 1 amide bonds. The lowest BCUT2D eigenvalue weighted by Crippen LogP contribution is -2.27. The minimum absolute atomic E-state index is 0.0319. The Balaban J connectivity index is 1.96. The zero-order chi connectivity index (χ0) is 22.8. The molecule has 0 saturated heterocycles. The molecule has 7 nitrogen and oxygen atoms in total. The molecule has 2 aromatic carbocycles. The van der Waals surface area contributed by atoms with Crippen molar-refractivity contribution in [1.82, 2.24) is 5.06 Å². The van der Waals surface area contributed by atoms with E-state index in [0.29, 0.717) is 51.8 Å². The minimum Gasteiger partial charge on any atom is -0.492 e. The van der Waals surface area contributed by atoms with Gasteiger partial charge in [-0.3, -0.25) is 10.0 Å². The number of anilines is 1. The van der Waals surface area contributed by atoms with E-state index < -0.39 is 12.3 Å². The number of amides is 1. The quantitative estimate of drug-likeness (QED) is 0.408. The molecule has 10 heteroatoms. The molecule has 0 spiro atoms. The number of hydrogen-bond donors (Lipinski definition) is 2. The molecule has 1 aliphatic rings. The summed E-state index contributed by atoms with van der Waals surface area (Å²) in [7, 11) is 1.17. The van der Waals surface area contributed by atoms with Gasteiger partial charge in [0.2, 0.25) is 0 Å². The monoisotopic (exact) mass is 433 g/mol. The molecule has 1 heterocycles. The van der Waals surface area contributed by atoms with Crippen molar-refractivity contribution in [2.75, 3.05) is 25.5 Å². The number of halogens is 3. The highest BCUT2D eigenvalue weighted by atomic mass is 19.4. The van der Waals surface area contributed by atoms with Gasteiger partial charge >= 0.3 is 6.36 Å². The zero-order valence-electron chi connectivity index (χ0n) is 16.4. The van der Waals surface area contributed by atoms with Gasteiger partial charge < -0.3 is 14.8 Å². The Bertz CT molecular complexity index is 1060. The molecule has 0 aliphatic carbocycles. The highest BCUT2D eigenvalue weighted by molar-refractivity contribution is 5.93. The molecule has 2 aromatic rings. The maximum absolute atomic E-state index is 12.4. The number of carbonyl (C=O) groups excluding carboxylic acids is 1. The molecule has 0 atom stereocenters. The van der Waals surface area contributed by atoms with Crippen molar-refractivity contribution in [2.45, 2.75) is 12.8 Å². The molecular formula is C21H18F3N3O4. The van der Waals surface area contributed by atoms with E-state index in [0.717, 1.165) is 0 Å². The summed E-state index contributed by atoms with van der Waals surface area (Å²) in [5, 5.41) is 22.3. The molecule has 0 fully saturated rings. The number of rotatable bonds is 6. The van der Waals surface area contributed by atoms with Gasteiger partial charge in [0.25, 0.3) is 5.91 Å². The maximum atomic E-state index is 12.4. The van der Waals surface area contributed by atoms with Crippen LogP contribution in [0.15, 0.2) is 42.5 Å². The second kappa shape index (κ2) is 8.57. The number of likely N-dealkylation sites (N-methyl/N-ethyl adjacent to an activating group) is 1. The van der Waals surface area contributed by atoms with Gasteiger partial charge in [0.1, 0.15) is 17.6 Å². The van der Waals surface area contributed by atoms with Crippen LogP contribution in [0.3, 0.4) is 0 Å². The number of ether oxygens (including phenoxy) is 2. The van der Waals surface area contributed by atoms with Crippen LogP contribution in [0.4, 0.5) is 18.9 Å². The van der Waals surface area contributed by atoms with E-state index in [-0.39, 0.29) is 17.9 Å². The van der Waals surface area contributed by atoms with Gasteiger partial charge in [-0.15, -0.1) is 13.2 Å². The van der Waals surface area contributed by atoms with Crippen LogP contribution >= 0.6 is 0 Å². The standard InChI is InChI=1S/C21H18F3N3O4/c1-12(20(28)27(2)29)11-26-18-9-16(19-15(7-8-30-19)17(18)10-25)13-3-5-14(6-4-13)31-21(22,23)24/h3-6,9,26,29H,1,7-8,11H2,2H3. The fourth-order valence-electron chi connectivity index (χ4n) is 3.20. The molecule has 0 saturated carbocycles. The topological polar surface area (TPSA) is 94.8 Å². The number of nitrogens with one attached hydrogen (secondary N) is 1. The average molecular weight is 433 g/mol. The van der Waals surface area contributed by atoms with Crippen molar-refractivity contribution in [1.29, 1.82) is 5.26 Å². The fraction of sp³-hybridized carbons (Fsp3) is 0.238. The Morgan fingerprint density at radius 3 is 2.65 bits per heavy atom. The highest BCUT2D eigenvalue weighted by Crippen LogP contribution is 2.42. The van der Waals surface area contributed by atoms with Crippen LogP contribution in [0.2, 0.25) is 0 Å². The Morgan fingerprint density at radius 2 is 2.06 bits per heavy atom. The van der Waals surface area contributed by atoms with Crippen LogP contribution in [-0.4, -0.2) is 42.7 Å². The highest BCUT2D eigenvalue weighted by Gasteiger charge is 2.31. The van der Waals surface area contributed by atoms with Gasteiger partial charge in [-0.2, -0.15) is 5.26 Å². The number of hydroxylamine groups is 2. The Labute approximate surface area is 175 Å². The Morgan fingerprint density at radius 1 is 1.39 bits per heavy atom. The van der Waals surface area contributed by atoms with Crippen LogP contribution in [0.25, 0.3) is 11.1 Å². The van der Waals surface area contributed by atoms with Gasteiger partial charge in [-0.25, -0.2) is 5.06 Å². The summed E-state index contributed by atoms with van der Waals surface area (Å²) in [5.74, 6) is -0.559. The molecule has 2 N–H and O–H groups in total. The number of nitrogens with zero attached hydrogens (tertiary/aromatic N) is 2. The lowest BCUT2D eigenvalue weighted by molar-refractivity contribution is -0.274. The summed E-state index contributed by atoms with van der Waals surface area (Å²) >= 11 is 0. The first-order valence-corrected chi connectivity index (χ1v) is 9.08. The van der Waals surface area contributed by atoms with Crippen LogP contribution in [0.1, 0.15) is 11.1 Å². The third kappa shape index (κ3) is 4.90. The number of nitriles is 1. The lowest BCUT2D eigenvalue weighted by Gasteiger charge is -2.17. The van der Waals surface area contributed by atoms with Crippen molar-refractivity contribution in [2.24, 2.45) is 0 Å². The van der Waals surface area contributed by atoms with E-state index in [2.05, 4.69) is 22.7 Å². The van der Waals surface area contributed by atoms with Gasteiger partial charge in [0.05, 0.1) is 17.9 Å². The first-order chi connectivity index (χ1) is 14.6. The normalized spacial score (nSPS) is 12.4. The van der Waals surface area contributed by atoms with Crippen molar-refractivity contribution < 1.29 is 32.6 Å². The van der Waals surface area contributed by atoms with Crippen molar-refractivity contribution in [3.05, 3.63) is 53.6 Å². The van der Waals surface area contributed by atoms with Gasteiger partial charge in [-0.1, -0.05) is 18.7 Å². The van der Waals surface area contributed by atoms with E-state index in [1.165, 1.54) is 31.3 Å². The van der Waals surface area contributed by atoms with Gasteiger partial charge in [0, 0.05) is 36.7 Å². The summed E-state index contributed by atoms with van der Waals surface area (Å²) < 4.78 is 46.8. The second-order valence-corrected chi connectivity index (χ2v) is 6.72. The minimum atomic E-state index is -4.79. The van der Waals surface area contributed by atoms with Gasteiger partial charge in [0.15, 0.2) is 0 Å². The lowest BCUT2D eigenvalue weighted by atomic mass is 9.95. The summed E-state index contributed by atoms with van der Waals surface area (Å²) in [6.45, 7) is 3.94. The number of carbonyl (C=O) groups is 1. The predicted octanol–water partition coefficient (Wildman–Crippen LogP) is 3.87. The Hall–Kier alpha value is -3.71. The summed E-state index contributed by atoms with van der Waals surface area (Å²) in [5.41, 5.74) is 2.61. The number of benzene rings is 2. The largest absolute Gasteiger partial charge is 0.573 e. The maximum Gasteiger partial charge on any atom is 0.573 e. The average Bonchev–Trinajstić information content (AvgIpc) is 3.19. The number of fused-ring (bicyclic) bond motifs is 1. The van der Waals surface area contributed by atoms with Crippen molar-refractivity contribution >= 4 is 11.6 Å². The molecular weight excluding hydrogens is 415 g/mol. The second-order valence-electron chi connectivity index (χ2n) is 6.72. The smallest absolute Gasteiger partial charge is 0.492 e. The number of hydrogen-bond acceptors (Lipinski definition) is 6. The molecule has 0 radical (unpaired) electrons. The molecule has 31 heavy (non-hydrogen) atoms. The van der Waals surface area contributed by atoms with Crippen LogP contribution in [0.5, 0.6) is 11.5 Å². The van der Waals surface area contributed by atoms with E-state index in [1.807, 2.05) is 0 Å². The molecule has 3 rings (SSSR count). The zero-order valence-corrected chi connectivity index (χ0v) is 16.4. The van der Waals surface area contributed by atoms with Crippen LogP contribution < -0.4 is 14.8 Å². The number of alkyl halides is 3. The summed E-state index contributed by atoms with van der Waals surface area (Å²) in [6, 6.07) is 9.04. The van der Waals surface area contributed by atoms with E-state index in [4.69, 9.17) is 4.74 Å². The van der Waals surface area contributed by atoms with Gasteiger partial charge in [-0.05, 0) is 23.8 Å². The summed E-state index contributed by atoms with van der Waals surface area (Å²) in [6.07, 6.45) is -4.31. The van der Waals surface area contributed by atoms with Crippen LogP contribution in [0, 0.1) is 11.3 Å². The van der Waals surface area contributed by atoms with E-state index >= 15 is 0 Å². The molecule has 162 valence electrons. The first-order valence-electron chi connectivity index (χ1n) is 9.08. The predicted molar refractivity (Wildman–Crippen MR) is 105 cm³/mol.